The van der Waals surface area contributed by atoms with Crippen molar-refractivity contribution in [2.45, 2.75) is 34.2 Å². The Hall–Kier alpha value is -3.33. The van der Waals surface area contributed by atoms with Crippen LogP contribution in [-0.2, 0) is 11.3 Å². The van der Waals surface area contributed by atoms with E-state index in [-0.39, 0.29) is 18.2 Å². The average molecular weight is 423 g/mol. The molecule has 0 saturated heterocycles. The zero-order chi connectivity index (χ0) is 21.4. The SMILES string of the molecule is Cc1cc(C)n2nc(C(=O)OCC(=O)c3cc(C)n(Cc4cccs4)c3C)nc2n1. The van der Waals surface area contributed by atoms with Crippen molar-refractivity contribution in [1.29, 1.82) is 0 Å². The monoisotopic (exact) mass is 423 g/mol. The van der Waals surface area contributed by atoms with Gasteiger partial charge in [0, 0.05) is 33.2 Å². The molecule has 9 heteroatoms. The third kappa shape index (κ3) is 3.76. The molecule has 0 atom stereocenters. The zero-order valence-corrected chi connectivity index (χ0v) is 18.0. The van der Waals surface area contributed by atoms with E-state index in [4.69, 9.17) is 4.74 Å². The molecule has 0 bridgehead atoms. The molecule has 0 aliphatic carbocycles. The zero-order valence-electron chi connectivity index (χ0n) is 17.2. The molecule has 4 heterocycles. The predicted molar refractivity (Wildman–Crippen MR) is 112 cm³/mol. The normalized spacial score (nSPS) is 11.2. The van der Waals surface area contributed by atoms with Crippen LogP contribution in [-0.4, -0.2) is 42.5 Å². The van der Waals surface area contributed by atoms with Crippen LogP contribution in [0.4, 0.5) is 0 Å². The maximum atomic E-state index is 12.7. The lowest BCUT2D eigenvalue weighted by Gasteiger charge is -2.08. The van der Waals surface area contributed by atoms with E-state index in [1.165, 1.54) is 9.39 Å². The Labute approximate surface area is 177 Å². The van der Waals surface area contributed by atoms with Gasteiger partial charge in [0.25, 0.3) is 11.6 Å². The van der Waals surface area contributed by atoms with Crippen molar-refractivity contribution in [3.8, 4) is 0 Å². The minimum absolute atomic E-state index is 0.118. The summed E-state index contributed by atoms with van der Waals surface area (Å²) < 4.78 is 8.75. The number of thiophene rings is 1. The molecule has 0 aromatic carbocycles. The van der Waals surface area contributed by atoms with Gasteiger partial charge in [-0.1, -0.05) is 6.07 Å². The number of aromatic nitrogens is 5. The van der Waals surface area contributed by atoms with Gasteiger partial charge in [0.05, 0.1) is 6.54 Å². The second kappa shape index (κ2) is 7.83. The fourth-order valence-electron chi connectivity index (χ4n) is 3.41. The third-order valence-corrected chi connectivity index (χ3v) is 5.76. The number of esters is 1. The van der Waals surface area contributed by atoms with E-state index >= 15 is 0 Å². The first-order chi connectivity index (χ1) is 14.3. The summed E-state index contributed by atoms with van der Waals surface area (Å²) in [7, 11) is 0. The molecule has 0 spiro atoms. The van der Waals surface area contributed by atoms with Crippen LogP contribution in [0.15, 0.2) is 29.6 Å². The predicted octanol–water partition coefficient (Wildman–Crippen LogP) is 3.31. The second-order valence-corrected chi connectivity index (χ2v) is 8.17. The molecule has 0 radical (unpaired) electrons. The van der Waals surface area contributed by atoms with Gasteiger partial charge in [-0.2, -0.15) is 4.98 Å². The summed E-state index contributed by atoms with van der Waals surface area (Å²) >= 11 is 1.67. The Morgan fingerprint density at radius 2 is 1.90 bits per heavy atom. The fraction of sp³-hybridized carbons (Fsp3) is 0.286. The smallest absolute Gasteiger partial charge is 0.378 e. The van der Waals surface area contributed by atoms with E-state index in [1.54, 1.807) is 11.3 Å². The second-order valence-electron chi connectivity index (χ2n) is 7.14. The summed E-state index contributed by atoms with van der Waals surface area (Å²) in [5.41, 5.74) is 3.96. The van der Waals surface area contributed by atoms with Gasteiger partial charge in [-0.15, -0.1) is 16.4 Å². The molecule has 30 heavy (non-hydrogen) atoms. The number of carbonyl (C=O) groups excluding carboxylic acids is 2. The van der Waals surface area contributed by atoms with Crippen molar-refractivity contribution < 1.29 is 14.3 Å². The summed E-state index contributed by atoms with van der Waals surface area (Å²) in [4.78, 5) is 34.6. The first-order valence-corrected chi connectivity index (χ1v) is 10.3. The molecular weight excluding hydrogens is 402 g/mol. The van der Waals surface area contributed by atoms with Crippen LogP contribution in [0.1, 0.15) is 48.6 Å². The van der Waals surface area contributed by atoms with Gasteiger partial charge in [0.1, 0.15) is 0 Å². The van der Waals surface area contributed by atoms with Crippen molar-refractivity contribution in [2.24, 2.45) is 0 Å². The molecule has 0 aliphatic heterocycles. The van der Waals surface area contributed by atoms with E-state index in [0.717, 1.165) is 22.8 Å². The van der Waals surface area contributed by atoms with Crippen LogP contribution in [0.5, 0.6) is 0 Å². The minimum Gasteiger partial charge on any atom is -0.451 e. The molecule has 0 aliphatic rings. The maximum absolute atomic E-state index is 12.7. The highest BCUT2D eigenvalue weighted by Crippen LogP contribution is 2.20. The summed E-state index contributed by atoms with van der Waals surface area (Å²) in [6, 6.07) is 7.74. The Morgan fingerprint density at radius 3 is 2.63 bits per heavy atom. The number of rotatable bonds is 6. The highest BCUT2D eigenvalue weighted by molar-refractivity contribution is 7.09. The lowest BCUT2D eigenvalue weighted by molar-refractivity contribution is 0.0462. The Morgan fingerprint density at radius 1 is 1.10 bits per heavy atom. The summed E-state index contributed by atoms with van der Waals surface area (Å²) in [6.45, 7) is 7.88. The van der Waals surface area contributed by atoms with E-state index in [2.05, 4.69) is 25.7 Å². The van der Waals surface area contributed by atoms with E-state index in [9.17, 15) is 9.59 Å². The number of ketones is 1. The molecular formula is C21H21N5O3S. The number of fused-ring (bicyclic) bond motifs is 1. The first kappa shape index (κ1) is 20.0. The quantitative estimate of drug-likeness (QED) is 0.349. The molecule has 4 aromatic rings. The molecule has 4 aromatic heterocycles. The highest BCUT2D eigenvalue weighted by atomic mass is 32.1. The van der Waals surface area contributed by atoms with E-state index in [1.807, 2.05) is 51.3 Å². The number of aryl methyl sites for hydroxylation is 3. The Balaban J connectivity index is 1.47. The lowest BCUT2D eigenvalue weighted by Crippen LogP contribution is -2.16. The molecule has 154 valence electrons. The van der Waals surface area contributed by atoms with E-state index in [0.29, 0.717) is 17.9 Å². The van der Waals surface area contributed by atoms with Crippen LogP contribution in [0, 0.1) is 27.7 Å². The van der Waals surface area contributed by atoms with Gasteiger partial charge in [-0.25, -0.2) is 14.3 Å². The maximum Gasteiger partial charge on any atom is 0.378 e. The van der Waals surface area contributed by atoms with Crippen LogP contribution < -0.4 is 0 Å². The molecule has 8 nitrogen and oxygen atoms in total. The number of hydrogen-bond donors (Lipinski definition) is 0. The summed E-state index contributed by atoms with van der Waals surface area (Å²) in [5, 5.41) is 6.16. The number of carbonyl (C=O) groups is 2. The van der Waals surface area contributed by atoms with Crippen LogP contribution in [0.2, 0.25) is 0 Å². The van der Waals surface area contributed by atoms with Crippen molar-refractivity contribution in [3.05, 3.63) is 68.7 Å². The molecule has 0 amide bonds. The fourth-order valence-corrected chi connectivity index (χ4v) is 4.10. The van der Waals surface area contributed by atoms with Gasteiger partial charge < -0.3 is 9.30 Å². The summed E-state index contributed by atoms with van der Waals surface area (Å²) in [5.74, 6) is -0.809. The molecule has 0 fully saturated rings. The third-order valence-electron chi connectivity index (χ3n) is 4.90. The van der Waals surface area contributed by atoms with Crippen molar-refractivity contribution in [2.75, 3.05) is 6.61 Å². The largest absolute Gasteiger partial charge is 0.451 e. The topological polar surface area (TPSA) is 91.4 Å². The Kier molecular flexibility index (Phi) is 5.21. The van der Waals surface area contributed by atoms with Crippen molar-refractivity contribution >= 4 is 28.9 Å². The van der Waals surface area contributed by atoms with Gasteiger partial charge in [-0.3, -0.25) is 4.79 Å². The van der Waals surface area contributed by atoms with E-state index < -0.39 is 5.97 Å². The van der Waals surface area contributed by atoms with Crippen LogP contribution in [0.3, 0.4) is 0 Å². The van der Waals surface area contributed by atoms with Gasteiger partial charge in [0.2, 0.25) is 5.78 Å². The van der Waals surface area contributed by atoms with Crippen LogP contribution >= 0.6 is 11.3 Å². The minimum atomic E-state index is -0.752. The van der Waals surface area contributed by atoms with Crippen molar-refractivity contribution in [1.82, 2.24) is 24.1 Å². The van der Waals surface area contributed by atoms with Crippen molar-refractivity contribution in [3.63, 3.8) is 0 Å². The first-order valence-electron chi connectivity index (χ1n) is 9.44. The molecule has 4 rings (SSSR count). The number of hydrogen-bond acceptors (Lipinski definition) is 7. The number of Topliss-reactive ketones (excluding diaryl/α,β-unsaturated/α-hetero) is 1. The van der Waals surface area contributed by atoms with Gasteiger partial charge in [-0.05, 0) is 51.3 Å². The number of ether oxygens (including phenoxy) is 1. The van der Waals surface area contributed by atoms with Gasteiger partial charge >= 0.3 is 5.97 Å². The molecule has 0 N–H and O–H groups in total. The molecule has 0 unspecified atom stereocenters. The molecule has 0 saturated carbocycles. The summed E-state index contributed by atoms with van der Waals surface area (Å²) in [6.07, 6.45) is 0. The van der Waals surface area contributed by atoms with Gasteiger partial charge in [0.15, 0.2) is 6.61 Å². The average Bonchev–Trinajstić information content (AvgIpc) is 3.42. The lowest BCUT2D eigenvalue weighted by atomic mass is 10.1. The Bertz CT molecular complexity index is 1250. The van der Waals surface area contributed by atoms with Crippen LogP contribution in [0.25, 0.3) is 5.78 Å². The number of nitrogens with zero attached hydrogens (tertiary/aromatic N) is 5. The standard InChI is InChI=1S/C21H21N5O3S/c1-12-8-14(3)26-21(22-12)23-19(24-26)20(28)29-11-18(27)17-9-13(2)25(15(17)4)10-16-6-5-7-30-16/h5-9H,10-11H2,1-4H3. The highest BCUT2D eigenvalue weighted by Gasteiger charge is 2.21.